The first-order valence-corrected chi connectivity index (χ1v) is 8.57. The second-order valence-electron chi connectivity index (χ2n) is 6.14. The summed E-state index contributed by atoms with van der Waals surface area (Å²) in [5.74, 6) is 1.55. The van der Waals surface area contributed by atoms with Gasteiger partial charge in [0.25, 0.3) is 5.91 Å². The van der Waals surface area contributed by atoms with Crippen molar-refractivity contribution in [1.82, 2.24) is 14.9 Å². The molecule has 3 aromatic rings. The number of methoxy groups -OCH3 is 2. The molecule has 1 heterocycles. The zero-order valence-electron chi connectivity index (χ0n) is 15.8. The van der Waals surface area contributed by atoms with Crippen molar-refractivity contribution in [3.8, 4) is 17.6 Å². The predicted octanol–water partition coefficient (Wildman–Crippen LogP) is 2.83. The molecule has 0 aliphatic rings. The van der Waals surface area contributed by atoms with Crippen molar-refractivity contribution in [2.75, 3.05) is 14.2 Å². The molecule has 0 aliphatic heterocycles. The van der Waals surface area contributed by atoms with E-state index in [4.69, 9.17) is 14.7 Å². The van der Waals surface area contributed by atoms with Crippen LogP contribution in [0.1, 0.15) is 33.4 Å². The van der Waals surface area contributed by atoms with Gasteiger partial charge in [0.2, 0.25) is 0 Å². The molecule has 7 heteroatoms. The fourth-order valence-corrected chi connectivity index (χ4v) is 2.89. The number of hydrogen-bond acceptors (Lipinski definition) is 5. The number of nitrogens with one attached hydrogen (secondary N) is 1. The van der Waals surface area contributed by atoms with Crippen molar-refractivity contribution in [2.45, 2.75) is 6.04 Å². The Morgan fingerprint density at radius 1 is 1.18 bits per heavy atom. The number of hydrogen-bond donors (Lipinski definition) is 1. The average Bonchev–Trinajstić information content (AvgIpc) is 3.16. The van der Waals surface area contributed by atoms with Gasteiger partial charge in [-0.2, -0.15) is 5.26 Å². The zero-order valence-corrected chi connectivity index (χ0v) is 15.8. The lowest BCUT2D eigenvalue weighted by atomic mass is 10.0. The topological polar surface area (TPSA) is 89.2 Å². The zero-order chi connectivity index (χ0) is 20.1. The van der Waals surface area contributed by atoms with Crippen LogP contribution in [0.4, 0.5) is 0 Å². The molecule has 1 atom stereocenters. The molecule has 0 spiro atoms. The third-order valence-electron chi connectivity index (χ3n) is 4.35. The average molecular weight is 376 g/mol. The number of nitriles is 1. The number of amides is 1. The van der Waals surface area contributed by atoms with Crippen LogP contribution in [-0.4, -0.2) is 29.7 Å². The molecule has 2 aromatic carbocycles. The van der Waals surface area contributed by atoms with Crippen molar-refractivity contribution < 1.29 is 14.3 Å². The molecule has 0 saturated carbocycles. The third kappa shape index (κ3) is 3.96. The largest absolute Gasteiger partial charge is 0.497 e. The van der Waals surface area contributed by atoms with Gasteiger partial charge in [-0.25, -0.2) is 4.98 Å². The summed E-state index contributed by atoms with van der Waals surface area (Å²) < 4.78 is 12.6. The van der Waals surface area contributed by atoms with Crippen molar-refractivity contribution in [3.63, 3.8) is 0 Å². The van der Waals surface area contributed by atoms with Gasteiger partial charge in [-0.15, -0.1) is 0 Å². The molecular weight excluding hydrogens is 356 g/mol. The first kappa shape index (κ1) is 19.0. The van der Waals surface area contributed by atoms with Crippen LogP contribution in [0.5, 0.6) is 11.5 Å². The minimum atomic E-state index is -0.540. The van der Waals surface area contributed by atoms with Gasteiger partial charge in [-0.3, -0.25) is 4.79 Å². The summed E-state index contributed by atoms with van der Waals surface area (Å²) in [5.41, 5.74) is 1.58. The molecular formula is C21H20N4O3. The Bertz CT molecular complexity index is 1010. The number of aromatic nitrogens is 2. The van der Waals surface area contributed by atoms with Crippen LogP contribution in [0, 0.1) is 11.3 Å². The number of ether oxygens (including phenoxy) is 2. The lowest BCUT2D eigenvalue weighted by Crippen LogP contribution is -2.31. The van der Waals surface area contributed by atoms with Crippen molar-refractivity contribution >= 4 is 5.91 Å². The SMILES string of the molecule is COc1cc(OC)cc([C@H](NC(=O)c2cccc(C#N)c2)c2nccn2C)c1. The molecule has 0 radical (unpaired) electrons. The van der Waals surface area contributed by atoms with Gasteiger partial charge >= 0.3 is 0 Å². The van der Waals surface area contributed by atoms with E-state index in [0.717, 1.165) is 5.56 Å². The van der Waals surface area contributed by atoms with Gasteiger partial charge in [-0.1, -0.05) is 6.07 Å². The normalized spacial score (nSPS) is 11.4. The number of imidazole rings is 1. The summed E-state index contributed by atoms with van der Waals surface area (Å²) in [4.78, 5) is 17.3. The summed E-state index contributed by atoms with van der Waals surface area (Å²) in [6.45, 7) is 0. The molecule has 28 heavy (non-hydrogen) atoms. The Morgan fingerprint density at radius 2 is 1.89 bits per heavy atom. The Balaban J connectivity index is 2.02. The predicted molar refractivity (Wildman–Crippen MR) is 103 cm³/mol. The molecule has 1 N–H and O–H groups in total. The summed E-state index contributed by atoms with van der Waals surface area (Å²) in [6.07, 6.45) is 3.48. The van der Waals surface area contributed by atoms with Crippen molar-refractivity contribution in [1.29, 1.82) is 5.26 Å². The summed E-state index contributed by atoms with van der Waals surface area (Å²) in [6, 6.07) is 13.5. The van der Waals surface area contributed by atoms with E-state index in [0.29, 0.717) is 28.5 Å². The number of carbonyl (C=O) groups excluding carboxylic acids is 1. The molecule has 0 aliphatic carbocycles. The van der Waals surface area contributed by atoms with Crippen molar-refractivity contribution in [2.24, 2.45) is 7.05 Å². The molecule has 3 rings (SSSR count). The van der Waals surface area contributed by atoms with Crippen LogP contribution < -0.4 is 14.8 Å². The fourth-order valence-electron chi connectivity index (χ4n) is 2.89. The highest BCUT2D eigenvalue weighted by Gasteiger charge is 2.23. The number of benzene rings is 2. The summed E-state index contributed by atoms with van der Waals surface area (Å²) in [5, 5.41) is 12.1. The highest BCUT2D eigenvalue weighted by molar-refractivity contribution is 5.95. The van der Waals surface area contributed by atoms with E-state index in [1.54, 1.807) is 50.7 Å². The number of aryl methyl sites for hydroxylation is 1. The van der Waals surface area contributed by atoms with E-state index < -0.39 is 6.04 Å². The maximum absolute atomic E-state index is 12.9. The van der Waals surface area contributed by atoms with Gasteiger partial charge in [0, 0.05) is 31.1 Å². The van der Waals surface area contributed by atoms with Crippen LogP contribution in [0.25, 0.3) is 0 Å². The Kier molecular flexibility index (Phi) is 5.61. The quantitative estimate of drug-likeness (QED) is 0.715. The number of nitrogens with zero attached hydrogens (tertiary/aromatic N) is 3. The Hall–Kier alpha value is -3.79. The first-order chi connectivity index (χ1) is 13.5. The molecule has 1 amide bonds. The second-order valence-corrected chi connectivity index (χ2v) is 6.14. The number of rotatable bonds is 6. The standard InChI is InChI=1S/C21H20N4O3/c1-25-8-7-23-20(25)19(16-10-17(27-2)12-18(11-16)28-3)24-21(26)15-6-4-5-14(9-15)13-22/h4-12,19H,1-3H3,(H,24,26)/t19-/m0/s1. The maximum Gasteiger partial charge on any atom is 0.252 e. The number of carbonyl (C=O) groups is 1. The van der Waals surface area contributed by atoms with Gasteiger partial charge in [0.15, 0.2) is 0 Å². The van der Waals surface area contributed by atoms with E-state index in [1.807, 2.05) is 36.0 Å². The van der Waals surface area contributed by atoms with Crippen molar-refractivity contribution in [3.05, 3.63) is 77.4 Å². The van der Waals surface area contributed by atoms with Crippen LogP contribution >= 0.6 is 0 Å². The third-order valence-corrected chi connectivity index (χ3v) is 4.35. The summed E-state index contributed by atoms with van der Waals surface area (Å²) >= 11 is 0. The van der Waals surface area contributed by atoms with Crippen LogP contribution in [0.15, 0.2) is 54.9 Å². The molecule has 0 unspecified atom stereocenters. The Labute approximate surface area is 163 Å². The molecule has 1 aromatic heterocycles. The van der Waals surface area contributed by atoms with Crippen LogP contribution in [0.2, 0.25) is 0 Å². The molecule has 7 nitrogen and oxygen atoms in total. The monoisotopic (exact) mass is 376 g/mol. The van der Waals surface area contributed by atoms with Gasteiger partial charge < -0.3 is 19.4 Å². The van der Waals surface area contributed by atoms with Gasteiger partial charge in [-0.05, 0) is 35.9 Å². The Morgan fingerprint density at radius 3 is 2.46 bits per heavy atom. The lowest BCUT2D eigenvalue weighted by Gasteiger charge is -2.20. The fraction of sp³-hybridized carbons (Fsp3) is 0.190. The smallest absolute Gasteiger partial charge is 0.252 e. The minimum Gasteiger partial charge on any atom is -0.497 e. The van der Waals surface area contributed by atoms with E-state index in [-0.39, 0.29) is 5.91 Å². The first-order valence-electron chi connectivity index (χ1n) is 8.57. The molecule has 0 saturated heterocycles. The molecule has 0 fully saturated rings. The van der Waals surface area contributed by atoms with E-state index in [1.165, 1.54) is 0 Å². The maximum atomic E-state index is 12.9. The second kappa shape index (κ2) is 8.27. The van der Waals surface area contributed by atoms with E-state index >= 15 is 0 Å². The molecule has 142 valence electrons. The highest BCUT2D eigenvalue weighted by Crippen LogP contribution is 2.29. The molecule has 0 bridgehead atoms. The van der Waals surface area contributed by atoms with Crippen LogP contribution in [-0.2, 0) is 7.05 Å². The van der Waals surface area contributed by atoms with E-state index in [2.05, 4.69) is 10.3 Å². The van der Waals surface area contributed by atoms with E-state index in [9.17, 15) is 4.79 Å². The van der Waals surface area contributed by atoms with Gasteiger partial charge in [0.05, 0.1) is 25.9 Å². The van der Waals surface area contributed by atoms with Crippen LogP contribution in [0.3, 0.4) is 0 Å². The summed E-state index contributed by atoms with van der Waals surface area (Å²) in [7, 11) is 5.00. The minimum absolute atomic E-state index is 0.313. The van der Waals surface area contributed by atoms with Gasteiger partial charge in [0.1, 0.15) is 23.4 Å². The lowest BCUT2D eigenvalue weighted by molar-refractivity contribution is 0.0941. The highest BCUT2D eigenvalue weighted by atomic mass is 16.5.